The standard InChI is InChI=1S/C21H28N4O3/c1-23-20(26)9-8-19(22-23)21(27)25-13-12-24(14-18(15-25)16-28-2)11-10-17-6-4-3-5-7-17/h3-9,18H,10-16H2,1-2H3/t18-/m1/s1. The molecule has 1 amide bonds. The summed E-state index contributed by atoms with van der Waals surface area (Å²) in [5.41, 5.74) is 1.39. The van der Waals surface area contributed by atoms with E-state index in [2.05, 4.69) is 34.3 Å². The molecule has 2 aromatic rings. The molecule has 150 valence electrons. The molecular formula is C21H28N4O3. The Morgan fingerprint density at radius 3 is 2.64 bits per heavy atom. The number of aromatic nitrogens is 2. The third kappa shape index (κ3) is 5.27. The second kappa shape index (κ2) is 9.61. The minimum atomic E-state index is -0.225. The number of aryl methyl sites for hydroxylation is 1. The highest BCUT2D eigenvalue weighted by Crippen LogP contribution is 2.14. The van der Waals surface area contributed by atoms with Gasteiger partial charge in [0.2, 0.25) is 0 Å². The lowest BCUT2D eigenvalue weighted by Gasteiger charge is -2.24. The minimum Gasteiger partial charge on any atom is -0.384 e. The molecule has 3 rings (SSSR count). The fourth-order valence-electron chi connectivity index (χ4n) is 3.62. The van der Waals surface area contributed by atoms with Crippen molar-refractivity contribution in [2.75, 3.05) is 46.4 Å². The highest BCUT2D eigenvalue weighted by atomic mass is 16.5. The van der Waals surface area contributed by atoms with Crippen LogP contribution in [0, 0.1) is 5.92 Å². The Morgan fingerprint density at radius 1 is 1.14 bits per heavy atom. The Labute approximate surface area is 165 Å². The van der Waals surface area contributed by atoms with E-state index >= 15 is 0 Å². The summed E-state index contributed by atoms with van der Waals surface area (Å²) in [6.07, 6.45) is 0.983. The second-order valence-corrected chi connectivity index (χ2v) is 7.29. The van der Waals surface area contributed by atoms with Crippen LogP contribution >= 0.6 is 0 Å². The van der Waals surface area contributed by atoms with Gasteiger partial charge in [0.15, 0.2) is 0 Å². The molecule has 1 saturated heterocycles. The van der Waals surface area contributed by atoms with Crippen molar-refractivity contribution < 1.29 is 9.53 Å². The topological polar surface area (TPSA) is 67.7 Å². The number of rotatable bonds is 6. The Balaban J connectivity index is 1.67. The van der Waals surface area contributed by atoms with Gasteiger partial charge >= 0.3 is 0 Å². The average molecular weight is 384 g/mol. The van der Waals surface area contributed by atoms with Gasteiger partial charge in [-0.2, -0.15) is 5.10 Å². The maximum absolute atomic E-state index is 12.9. The van der Waals surface area contributed by atoms with Gasteiger partial charge in [0, 0.05) is 58.9 Å². The maximum Gasteiger partial charge on any atom is 0.274 e. The van der Waals surface area contributed by atoms with Gasteiger partial charge < -0.3 is 14.5 Å². The Hall–Kier alpha value is -2.51. The van der Waals surface area contributed by atoms with Gasteiger partial charge in [0.1, 0.15) is 5.69 Å². The number of benzene rings is 1. The summed E-state index contributed by atoms with van der Waals surface area (Å²) < 4.78 is 6.59. The first kappa shape index (κ1) is 20.2. The molecular weight excluding hydrogens is 356 g/mol. The van der Waals surface area contributed by atoms with E-state index in [0.717, 1.165) is 26.1 Å². The number of hydrogen-bond donors (Lipinski definition) is 0. The normalized spacial score (nSPS) is 18.1. The van der Waals surface area contributed by atoms with Crippen molar-refractivity contribution in [3.8, 4) is 0 Å². The van der Waals surface area contributed by atoms with Crippen molar-refractivity contribution in [1.82, 2.24) is 19.6 Å². The summed E-state index contributed by atoms with van der Waals surface area (Å²) in [5.74, 6) is 0.0985. The number of carbonyl (C=O) groups is 1. The SMILES string of the molecule is COC[C@@H]1CN(CCc2ccccc2)CCN(C(=O)c2ccc(=O)n(C)n2)C1. The van der Waals surface area contributed by atoms with E-state index in [4.69, 9.17) is 4.74 Å². The van der Waals surface area contributed by atoms with E-state index in [1.807, 2.05) is 11.0 Å². The van der Waals surface area contributed by atoms with Crippen LogP contribution in [0.2, 0.25) is 0 Å². The number of nitrogens with zero attached hydrogens (tertiary/aromatic N) is 4. The summed E-state index contributed by atoms with van der Waals surface area (Å²) in [7, 11) is 3.25. The van der Waals surface area contributed by atoms with Crippen molar-refractivity contribution in [1.29, 1.82) is 0 Å². The fourth-order valence-corrected chi connectivity index (χ4v) is 3.62. The number of hydrogen-bond acceptors (Lipinski definition) is 5. The van der Waals surface area contributed by atoms with E-state index < -0.39 is 0 Å². The molecule has 1 aromatic carbocycles. The molecule has 1 fully saturated rings. The summed E-state index contributed by atoms with van der Waals surface area (Å²) in [4.78, 5) is 28.7. The van der Waals surface area contributed by atoms with Gasteiger partial charge in [0.05, 0.1) is 6.61 Å². The molecule has 28 heavy (non-hydrogen) atoms. The van der Waals surface area contributed by atoms with Crippen molar-refractivity contribution in [2.45, 2.75) is 6.42 Å². The first-order valence-electron chi connectivity index (χ1n) is 9.65. The van der Waals surface area contributed by atoms with Crippen LogP contribution in [0.1, 0.15) is 16.1 Å². The zero-order valence-electron chi connectivity index (χ0n) is 16.6. The minimum absolute atomic E-state index is 0.137. The lowest BCUT2D eigenvalue weighted by atomic mass is 10.1. The molecule has 7 nitrogen and oxygen atoms in total. The maximum atomic E-state index is 12.9. The van der Waals surface area contributed by atoms with Crippen molar-refractivity contribution in [2.24, 2.45) is 13.0 Å². The van der Waals surface area contributed by atoms with Crippen molar-refractivity contribution >= 4 is 5.91 Å². The Morgan fingerprint density at radius 2 is 1.93 bits per heavy atom. The smallest absolute Gasteiger partial charge is 0.274 e. The fraction of sp³-hybridized carbons (Fsp3) is 0.476. The lowest BCUT2D eigenvalue weighted by Crippen LogP contribution is -2.38. The van der Waals surface area contributed by atoms with Crippen LogP contribution in [0.5, 0.6) is 0 Å². The van der Waals surface area contributed by atoms with E-state index in [-0.39, 0.29) is 17.4 Å². The molecule has 0 radical (unpaired) electrons. The van der Waals surface area contributed by atoms with Crippen LogP contribution < -0.4 is 5.56 Å². The van der Waals surface area contributed by atoms with E-state index in [1.54, 1.807) is 14.2 Å². The zero-order chi connectivity index (χ0) is 19.9. The highest BCUT2D eigenvalue weighted by molar-refractivity contribution is 5.92. The third-order valence-electron chi connectivity index (χ3n) is 5.11. The lowest BCUT2D eigenvalue weighted by molar-refractivity contribution is 0.0699. The second-order valence-electron chi connectivity index (χ2n) is 7.29. The van der Waals surface area contributed by atoms with Crippen LogP contribution in [0.3, 0.4) is 0 Å². The molecule has 1 aliphatic heterocycles. The first-order valence-corrected chi connectivity index (χ1v) is 9.65. The van der Waals surface area contributed by atoms with Gasteiger partial charge in [-0.25, -0.2) is 4.68 Å². The van der Waals surface area contributed by atoms with Gasteiger partial charge in [-0.05, 0) is 18.1 Å². The van der Waals surface area contributed by atoms with Crippen LogP contribution in [0.4, 0.5) is 0 Å². The number of amides is 1. The molecule has 0 unspecified atom stereocenters. The quantitative estimate of drug-likeness (QED) is 0.745. The van der Waals surface area contributed by atoms with Gasteiger partial charge in [0.25, 0.3) is 11.5 Å². The van der Waals surface area contributed by atoms with Crippen LogP contribution in [-0.4, -0.2) is 71.9 Å². The van der Waals surface area contributed by atoms with E-state index in [0.29, 0.717) is 25.4 Å². The molecule has 0 bridgehead atoms. The zero-order valence-corrected chi connectivity index (χ0v) is 16.6. The largest absolute Gasteiger partial charge is 0.384 e. The molecule has 1 aromatic heterocycles. The van der Waals surface area contributed by atoms with E-state index in [1.165, 1.54) is 22.4 Å². The van der Waals surface area contributed by atoms with Crippen molar-refractivity contribution in [3.63, 3.8) is 0 Å². The van der Waals surface area contributed by atoms with Gasteiger partial charge in [-0.1, -0.05) is 30.3 Å². The summed E-state index contributed by atoms with van der Waals surface area (Å²) in [5, 5.41) is 4.11. The molecule has 0 aliphatic carbocycles. The molecule has 2 heterocycles. The highest BCUT2D eigenvalue weighted by Gasteiger charge is 2.27. The molecule has 0 saturated carbocycles. The third-order valence-corrected chi connectivity index (χ3v) is 5.11. The van der Waals surface area contributed by atoms with Crippen LogP contribution in [0.25, 0.3) is 0 Å². The molecule has 0 N–H and O–H groups in total. The monoisotopic (exact) mass is 384 g/mol. The predicted molar refractivity (Wildman–Crippen MR) is 107 cm³/mol. The van der Waals surface area contributed by atoms with Gasteiger partial charge in [-0.3, -0.25) is 9.59 Å². The Bertz CT molecular complexity index is 837. The summed E-state index contributed by atoms with van der Waals surface area (Å²) in [6.45, 7) is 4.52. The number of methoxy groups -OCH3 is 1. The first-order chi connectivity index (χ1) is 13.6. The summed E-state index contributed by atoms with van der Waals surface area (Å²) >= 11 is 0. The molecule has 0 spiro atoms. The average Bonchev–Trinajstić information content (AvgIpc) is 2.91. The van der Waals surface area contributed by atoms with Gasteiger partial charge in [-0.15, -0.1) is 0 Å². The molecule has 1 atom stereocenters. The summed E-state index contributed by atoms with van der Waals surface area (Å²) in [6, 6.07) is 13.3. The Kier molecular flexibility index (Phi) is 6.95. The molecule has 1 aliphatic rings. The van der Waals surface area contributed by atoms with Crippen molar-refractivity contribution in [3.05, 3.63) is 64.1 Å². The number of carbonyl (C=O) groups excluding carboxylic acids is 1. The predicted octanol–water partition coefficient (Wildman–Crippen LogP) is 1.04. The van der Waals surface area contributed by atoms with E-state index in [9.17, 15) is 9.59 Å². The number of ether oxygens (including phenoxy) is 1. The molecule has 7 heteroatoms. The van der Waals surface area contributed by atoms with Crippen LogP contribution in [-0.2, 0) is 18.2 Å². The van der Waals surface area contributed by atoms with Crippen LogP contribution in [0.15, 0.2) is 47.3 Å².